The molecule has 0 saturated carbocycles. The Morgan fingerprint density at radius 3 is 2.83 bits per heavy atom. The fourth-order valence-corrected chi connectivity index (χ4v) is 2.38. The number of rotatable bonds is 5. The van der Waals surface area contributed by atoms with Crippen LogP contribution in [0.4, 0.5) is 0 Å². The molecule has 6 nitrogen and oxygen atoms in total. The Bertz CT molecular complexity index is 800. The van der Waals surface area contributed by atoms with Gasteiger partial charge in [0.1, 0.15) is 6.33 Å². The minimum atomic E-state index is -0.653. The van der Waals surface area contributed by atoms with Crippen molar-refractivity contribution in [2.75, 3.05) is 0 Å². The van der Waals surface area contributed by atoms with E-state index in [1.54, 1.807) is 36.0 Å². The SMILES string of the molecule is CC(NC(=O)c1ccc2nncn2c1)C(O)Cc1ccccc1. The van der Waals surface area contributed by atoms with Gasteiger partial charge in [-0.2, -0.15) is 0 Å². The van der Waals surface area contributed by atoms with E-state index in [4.69, 9.17) is 0 Å². The molecule has 0 saturated heterocycles. The van der Waals surface area contributed by atoms with Crippen LogP contribution in [0.25, 0.3) is 5.65 Å². The summed E-state index contributed by atoms with van der Waals surface area (Å²) in [6.45, 7) is 1.79. The van der Waals surface area contributed by atoms with E-state index in [1.807, 2.05) is 30.3 Å². The third kappa shape index (κ3) is 3.54. The van der Waals surface area contributed by atoms with Gasteiger partial charge in [0.25, 0.3) is 5.91 Å². The number of hydrogen-bond donors (Lipinski definition) is 2. The largest absolute Gasteiger partial charge is 0.391 e. The molecule has 0 fully saturated rings. The van der Waals surface area contributed by atoms with Crippen LogP contribution in [0.2, 0.25) is 0 Å². The lowest BCUT2D eigenvalue weighted by atomic mass is 10.0. The first kappa shape index (κ1) is 15.2. The highest BCUT2D eigenvalue weighted by atomic mass is 16.3. The fraction of sp³-hybridized carbons (Fsp3) is 0.235. The van der Waals surface area contributed by atoms with Crippen LogP contribution in [0.1, 0.15) is 22.8 Å². The molecule has 118 valence electrons. The molecule has 0 aliphatic carbocycles. The second-order valence-corrected chi connectivity index (χ2v) is 5.53. The van der Waals surface area contributed by atoms with Crippen LogP contribution in [0.15, 0.2) is 55.0 Å². The smallest absolute Gasteiger partial charge is 0.253 e. The van der Waals surface area contributed by atoms with Gasteiger partial charge in [-0.05, 0) is 24.6 Å². The maximum Gasteiger partial charge on any atom is 0.253 e. The summed E-state index contributed by atoms with van der Waals surface area (Å²) in [7, 11) is 0. The number of benzene rings is 1. The van der Waals surface area contributed by atoms with Crippen LogP contribution in [-0.2, 0) is 6.42 Å². The minimum absolute atomic E-state index is 0.236. The third-order valence-corrected chi connectivity index (χ3v) is 3.78. The molecule has 2 aromatic heterocycles. The minimum Gasteiger partial charge on any atom is -0.391 e. The summed E-state index contributed by atoms with van der Waals surface area (Å²) in [6.07, 6.45) is 3.05. The summed E-state index contributed by atoms with van der Waals surface area (Å²) in [4.78, 5) is 12.3. The van der Waals surface area contributed by atoms with Gasteiger partial charge in [0, 0.05) is 12.6 Å². The van der Waals surface area contributed by atoms with E-state index in [2.05, 4.69) is 15.5 Å². The predicted molar refractivity (Wildman–Crippen MR) is 86.1 cm³/mol. The van der Waals surface area contributed by atoms with E-state index in [1.165, 1.54) is 0 Å². The number of aliphatic hydroxyl groups excluding tert-OH is 1. The monoisotopic (exact) mass is 310 g/mol. The fourth-order valence-electron chi connectivity index (χ4n) is 2.38. The van der Waals surface area contributed by atoms with Crippen molar-refractivity contribution in [1.29, 1.82) is 0 Å². The highest BCUT2D eigenvalue weighted by Gasteiger charge is 2.18. The molecule has 1 aromatic carbocycles. The maximum absolute atomic E-state index is 12.3. The number of carbonyl (C=O) groups is 1. The van der Waals surface area contributed by atoms with E-state index in [0.717, 1.165) is 5.56 Å². The summed E-state index contributed by atoms with van der Waals surface area (Å²) >= 11 is 0. The number of pyridine rings is 1. The van der Waals surface area contributed by atoms with Gasteiger partial charge in [-0.1, -0.05) is 30.3 Å². The second kappa shape index (κ2) is 6.58. The number of carbonyl (C=O) groups excluding carboxylic acids is 1. The molecular weight excluding hydrogens is 292 g/mol. The molecule has 2 unspecified atom stereocenters. The molecule has 1 amide bonds. The highest BCUT2D eigenvalue weighted by molar-refractivity contribution is 5.94. The van der Waals surface area contributed by atoms with Gasteiger partial charge in [0.15, 0.2) is 5.65 Å². The number of fused-ring (bicyclic) bond motifs is 1. The first-order valence-electron chi connectivity index (χ1n) is 7.46. The zero-order chi connectivity index (χ0) is 16.2. The number of amides is 1. The Balaban J connectivity index is 1.64. The summed E-state index contributed by atoms with van der Waals surface area (Å²) < 4.78 is 1.68. The highest BCUT2D eigenvalue weighted by Crippen LogP contribution is 2.08. The van der Waals surface area contributed by atoms with Crippen LogP contribution in [-0.4, -0.2) is 37.8 Å². The van der Waals surface area contributed by atoms with Crippen molar-refractivity contribution in [3.63, 3.8) is 0 Å². The van der Waals surface area contributed by atoms with E-state index >= 15 is 0 Å². The zero-order valence-corrected chi connectivity index (χ0v) is 12.8. The van der Waals surface area contributed by atoms with Crippen LogP contribution in [0.5, 0.6) is 0 Å². The quantitative estimate of drug-likeness (QED) is 0.747. The Morgan fingerprint density at radius 1 is 1.26 bits per heavy atom. The molecule has 2 N–H and O–H groups in total. The molecule has 2 atom stereocenters. The molecule has 0 spiro atoms. The summed E-state index contributed by atoms with van der Waals surface area (Å²) in [6, 6.07) is 12.8. The van der Waals surface area contributed by atoms with E-state index in [0.29, 0.717) is 17.6 Å². The number of nitrogens with zero attached hydrogens (tertiary/aromatic N) is 3. The summed E-state index contributed by atoms with van der Waals surface area (Å²) in [5.41, 5.74) is 2.21. The molecule has 0 bridgehead atoms. The predicted octanol–water partition coefficient (Wildman–Crippen LogP) is 1.45. The van der Waals surface area contributed by atoms with Crippen LogP contribution in [0.3, 0.4) is 0 Å². The lowest BCUT2D eigenvalue weighted by Crippen LogP contribution is -2.42. The average molecular weight is 310 g/mol. The third-order valence-electron chi connectivity index (χ3n) is 3.78. The van der Waals surface area contributed by atoms with Crippen LogP contribution >= 0.6 is 0 Å². The zero-order valence-electron chi connectivity index (χ0n) is 12.8. The van der Waals surface area contributed by atoms with Gasteiger partial charge in [-0.3, -0.25) is 9.20 Å². The number of hydrogen-bond acceptors (Lipinski definition) is 4. The lowest BCUT2D eigenvalue weighted by molar-refractivity contribution is 0.0851. The van der Waals surface area contributed by atoms with Crippen molar-refractivity contribution in [2.45, 2.75) is 25.5 Å². The van der Waals surface area contributed by atoms with Crippen molar-refractivity contribution in [3.8, 4) is 0 Å². The molecule has 0 radical (unpaired) electrons. The maximum atomic E-state index is 12.3. The number of aromatic nitrogens is 3. The van der Waals surface area contributed by atoms with Crippen molar-refractivity contribution < 1.29 is 9.90 Å². The van der Waals surface area contributed by atoms with Crippen molar-refractivity contribution in [1.82, 2.24) is 19.9 Å². The molecule has 3 aromatic rings. The van der Waals surface area contributed by atoms with Gasteiger partial charge < -0.3 is 10.4 Å². The van der Waals surface area contributed by atoms with Gasteiger partial charge in [0.05, 0.1) is 17.7 Å². The Morgan fingerprint density at radius 2 is 2.04 bits per heavy atom. The normalized spacial score (nSPS) is 13.7. The topological polar surface area (TPSA) is 79.5 Å². The second-order valence-electron chi connectivity index (χ2n) is 5.53. The first-order chi connectivity index (χ1) is 11.1. The Kier molecular flexibility index (Phi) is 4.34. The lowest BCUT2D eigenvalue weighted by Gasteiger charge is -2.20. The molecule has 0 aliphatic heterocycles. The van der Waals surface area contributed by atoms with Gasteiger partial charge in [-0.15, -0.1) is 10.2 Å². The summed E-state index contributed by atoms with van der Waals surface area (Å²) in [5, 5.41) is 20.8. The van der Waals surface area contributed by atoms with E-state index in [-0.39, 0.29) is 11.9 Å². The number of nitrogens with one attached hydrogen (secondary N) is 1. The van der Waals surface area contributed by atoms with E-state index in [9.17, 15) is 9.90 Å². The number of aliphatic hydroxyl groups is 1. The molecule has 6 heteroatoms. The molecular formula is C17H18N4O2. The average Bonchev–Trinajstić information content (AvgIpc) is 3.03. The molecule has 2 heterocycles. The van der Waals surface area contributed by atoms with Gasteiger partial charge in [-0.25, -0.2) is 0 Å². The Hall–Kier alpha value is -2.73. The summed E-state index contributed by atoms with van der Waals surface area (Å²) in [5.74, 6) is -0.236. The van der Waals surface area contributed by atoms with Gasteiger partial charge >= 0.3 is 0 Å². The van der Waals surface area contributed by atoms with Crippen molar-refractivity contribution in [3.05, 3.63) is 66.1 Å². The van der Waals surface area contributed by atoms with Crippen molar-refractivity contribution >= 4 is 11.6 Å². The molecule has 23 heavy (non-hydrogen) atoms. The molecule has 3 rings (SSSR count). The van der Waals surface area contributed by atoms with Crippen LogP contribution < -0.4 is 5.32 Å². The Labute approximate surface area is 133 Å². The standard InChI is InChI=1S/C17H18N4O2/c1-12(15(22)9-13-5-3-2-4-6-13)19-17(23)14-7-8-16-20-18-11-21(16)10-14/h2-8,10-12,15,22H,9H2,1H3,(H,19,23). The first-order valence-corrected chi connectivity index (χ1v) is 7.46. The molecule has 0 aliphatic rings. The van der Waals surface area contributed by atoms with Gasteiger partial charge in [0.2, 0.25) is 0 Å². The van der Waals surface area contributed by atoms with E-state index < -0.39 is 6.10 Å². The van der Waals surface area contributed by atoms with Crippen LogP contribution in [0, 0.1) is 0 Å². The van der Waals surface area contributed by atoms with Crippen molar-refractivity contribution in [2.24, 2.45) is 0 Å².